The van der Waals surface area contributed by atoms with E-state index in [-0.39, 0.29) is 22.6 Å². The zero-order valence-electron chi connectivity index (χ0n) is 17.7. The Morgan fingerprint density at radius 3 is 2.32 bits per heavy atom. The van der Waals surface area contributed by atoms with Crippen molar-refractivity contribution in [2.24, 2.45) is 11.7 Å². The number of anilines is 1. The summed E-state index contributed by atoms with van der Waals surface area (Å²) in [5.74, 6) is -0.651. The highest BCUT2D eigenvalue weighted by molar-refractivity contribution is 7.89. The van der Waals surface area contributed by atoms with Crippen LogP contribution in [0.25, 0.3) is 0 Å². The fraction of sp³-hybridized carbons (Fsp3) is 0.364. The summed E-state index contributed by atoms with van der Waals surface area (Å²) in [7, 11) is -0.603. The van der Waals surface area contributed by atoms with Gasteiger partial charge in [0.05, 0.1) is 10.8 Å². The van der Waals surface area contributed by atoms with E-state index in [9.17, 15) is 18.0 Å². The molecule has 2 aromatic carbocycles. The number of benzene rings is 2. The van der Waals surface area contributed by atoms with Crippen molar-refractivity contribution in [1.29, 1.82) is 0 Å². The topological polar surface area (TPSA) is 113 Å². The number of nitrogens with one attached hydrogen (secondary N) is 1. The van der Waals surface area contributed by atoms with E-state index in [0.29, 0.717) is 18.7 Å². The Hall–Kier alpha value is -2.91. The number of piperidine rings is 1. The van der Waals surface area contributed by atoms with Gasteiger partial charge in [-0.2, -0.15) is 0 Å². The van der Waals surface area contributed by atoms with Gasteiger partial charge in [0.2, 0.25) is 15.9 Å². The average molecular weight is 445 g/mol. The first kappa shape index (κ1) is 22.8. The van der Waals surface area contributed by atoms with Crippen LogP contribution in [0.1, 0.15) is 28.8 Å². The van der Waals surface area contributed by atoms with Crippen molar-refractivity contribution in [2.75, 3.05) is 32.1 Å². The lowest BCUT2D eigenvalue weighted by Gasteiger charge is -2.33. The Morgan fingerprint density at radius 1 is 1.10 bits per heavy atom. The molecule has 2 amide bonds. The summed E-state index contributed by atoms with van der Waals surface area (Å²) >= 11 is 0. The molecule has 1 heterocycles. The van der Waals surface area contributed by atoms with Gasteiger partial charge in [0.25, 0.3) is 5.91 Å². The van der Waals surface area contributed by atoms with E-state index in [4.69, 9.17) is 5.73 Å². The highest BCUT2D eigenvalue weighted by Gasteiger charge is 2.24. The van der Waals surface area contributed by atoms with Crippen molar-refractivity contribution >= 4 is 27.5 Å². The van der Waals surface area contributed by atoms with Gasteiger partial charge in [-0.15, -0.1) is 0 Å². The van der Waals surface area contributed by atoms with E-state index in [0.717, 1.165) is 34.9 Å². The van der Waals surface area contributed by atoms with E-state index in [2.05, 4.69) is 10.2 Å². The molecule has 1 saturated heterocycles. The Balaban J connectivity index is 1.58. The van der Waals surface area contributed by atoms with Gasteiger partial charge in [0.15, 0.2) is 0 Å². The van der Waals surface area contributed by atoms with Crippen molar-refractivity contribution in [2.45, 2.75) is 24.3 Å². The quantitative estimate of drug-likeness (QED) is 0.673. The number of hydrogen-bond acceptors (Lipinski definition) is 5. The lowest BCUT2D eigenvalue weighted by Crippen LogP contribution is -2.41. The zero-order chi connectivity index (χ0) is 22.6. The average Bonchev–Trinajstić information content (AvgIpc) is 2.78. The fourth-order valence-corrected chi connectivity index (χ4v) is 4.44. The Morgan fingerprint density at radius 2 is 1.74 bits per heavy atom. The van der Waals surface area contributed by atoms with Crippen LogP contribution in [-0.2, 0) is 21.4 Å². The Kier molecular flexibility index (Phi) is 6.97. The Labute approximate surface area is 183 Å². The van der Waals surface area contributed by atoms with Crippen molar-refractivity contribution in [3.63, 3.8) is 0 Å². The maximum absolute atomic E-state index is 12.4. The van der Waals surface area contributed by atoms with Crippen molar-refractivity contribution in [1.82, 2.24) is 9.62 Å². The SMILES string of the molecule is CN(C)S(=O)(=O)c1ccc(C(=O)NCc2ccc(N3CCC[C@H](C(N)=O)C3)cc2)cc1. The van der Waals surface area contributed by atoms with Crippen LogP contribution in [-0.4, -0.2) is 51.7 Å². The van der Waals surface area contributed by atoms with Crippen LogP contribution in [0.4, 0.5) is 5.69 Å². The van der Waals surface area contributed by atoms with Crippen LogP contribution in [0.5, 0.6) is 0 Å². The molecule has 9 heteroatoms. The highest BCUT2D eigenvalue weighted by Crippen LogP contribution is 2.23. The minimum atomic E-state index is -3.52. The number of nitrogens with zero attached hydrogens (tertiary/aromatic N) is 2. The number of carbonyl (C=O) groups excluding carboxylic acids is 2. The first-order valence-electron chi connectivity index (χ1n) is 10.1. The number of rotatable bonds is 7. The zero-order valence-corrected chi connectivity index (χ0v) is 18.6. The third kappa shape index (κ3) is 5.42. The molecule has 0 bridgehead atoms. The van der Waals surface area contributed by atoms with Gasteiger partial charge < -0.3 is 16.0 Å². The summed E-state index contributed by atoms with van der Waals surface area (Å²) in [5.41, 5.74) is 7.81. The number of primary amides is 1. The second-order valence-corrected chi connectivity index (χ2v) is 10.0. The highest BCUT2D eigenvalue weighted by atomic mass is 32.2. The first-order valence-corrected chi connectivity index (χ1v) is 11.6. The molecule has 8 nitrogen and oxygen atoms in total. The molecule has 1 atom stereocenters. The van der Waals surface area contributed by atoms with E-state index in [1.54, 1.807) is 0 Å². The second-order valence-electron chi connectivity index (χ2n) is 7.85. The minimum absolute atomic E-state index is 0.119. The van der Waals surface area contributed by atoms with Gasteiger partial charge in [-0.25, -0.2) is 12.7 Å². The van der Waals surface area contributed by atoms with Gasteiger partial charge in [-0.3, -0.25) is 9.59 Å². The van der Waals surface area contributed by atoms with E-state index >= 15 is 0 Å². The normalized spacial score (nSPS) is 16.9. The van der Waals surface area contributed by atoms with Crippen LogP contribution >= 0.6 is 0 Å². The van der Waals surface area contributed by atoms with Crippen LogP contribution in [0.15, 0.2) is 53.4 Å². The number of sulfonamides is 1. The molecule has 3 rings (SSSR count). The number of nitrogens with two attached hydrogens (primary N) is 1. The fourth-order valence-electron chi connectivity index (χ4n) is 3.54. The molecule has 1 aliphatic heterocycles. The van der Waals surface area contributed by atoms with Gasteiger partial charge in [0.1, 0.15) is 0 Å². The van der Waals surface area contributed by atoms with Crippen LogP contribution in [0.3, 0.4) is 0 Å². The molecule has 1 fully saturated rings. The molecular formula is C22H28N4O4S. The van der Waals surface area contributed by atoms with Gasteiger partial charge in [-0.05, 0) is 54.8 Å². The third-order valence-electron chi connectivity index (χ3n) is 5.47. The molecule has 0 aromatic heterocycles. The third-order valence-corrected chi connectivity index (χ3v) is 7.30. The molecule has 0 aliphatic carbocycles. The predicted molar refractivity (Wildman–Crippen MR) is 119 cm³/mol. The molecular weight excluding hydrogens is 416 g/mol. The number of hydrogen-bond donors (Lipinski definition) is 2. The maximum Gasteiger partial charge on any atom is 0.251 e. The first-order chi connectivity index (χ1) is 14.7. The summed E-state index contributed by atoms with van der Waals surface area (Å²) in [4.78, 5) is 26.2. The molecule has 1 aliphatic rings. The van der Waals surface area contributed by atoms with E-state index in [1.165, 1.54) is 38.4 Å². The van der Waals surface area contributed by atoms with Gasteiger partial charge in [-0.1, -0.05) is 12.1 Å². The number of amides is 2. The predicted octanol–water partition coefficient (Wildman–Crippen LogP) is 1.57. The summed E-state index contributed by atoms with van der Waals surface area (Å²) in [6.45, 7) is 1.87. The molecule has 166 valence electrons. The minimum Gasteiger partial charge on any atom is -0.371 e. The van der Waals surface area contributed by atoms with Crippen LogP contribution in [0, 0.1) is 5.92 Å². The number of carbonyl (C=O) groups is 2. The standard InChI is InChI=1S/C22H28N4O4S/c1-25(2)31(29,30)20-11-7-17(8-12-20)22(28)24-14-16-5-9-19(10-6-16)26-13-3-4-18(15-26)21(23)27/h5-12,18H,3-4,13-15H2,1-2H3,(H2,23,27)(H,24,28)/t18-/m0/s1. The molecule has 2 aromatic rings. The summed E-state index contributed by atoms with van der Waals surface area (Å²) in [6, 6.07) is 13.7. The smallest absolute Gasteiger partial charge is 0.251 e. The maximum atomic E-state index is 12.4. The van der Waals surface area contributed by atoms with E-state index in [1.807, 2.05) is 24.3 Å². The Bertz CT molecular complexity index is 1030. The lowest BCUT2D eigenvalue weighted by atomic mass is 9.97. The monoisotopic (exact) mass is 444 g/mol. The molecule has 31 heavy (non-hydrogen) atoms. The molecule has 0 saturated carbocycles. The van der Waals surface area contributed by atoms with Crippen molar-refractivity contribution in [3.05, 3.63) is 59.7 Å². The van der Waals surface area contributed by atoms with Crippen LogP contribution in [0.2, 0.25) is 0 Å². The molecule has 0 unspecified atom stereocenters. The largest absolute Gasteiger partial charge is 0.371 e. The van der Waals surface area contributed by atoms with E-state index < -0.39 is 10.0 Å². The van der Waals surface area contributed by atoms with Crippen LogP contribution < -0.4 is 16.0 Å². The van der Waals surface area contributed by atoms with Gasteiger partial charge in [0, 0.05) is 45.0 Å². The summed E-state index contributed by atoms with van der Waals surface area (Å²) in [6.07, 6.45) is 1.76. The molecule has 0 spiro atoms. The second kappa shape index (κ2) is 9.49. The molecule has 3 N–H and O–H groups in total. The molecule has 0 radical (unpaired) electrons. The van der Waals surface area contributed by atoms with Crippen molar-refractivity contribution < 1.29 is 18.0 Å². The summed E-state index contributed by atoms with van der Waals surface area (Å²) in [5, 5.41) is 2.84. The van der Waals surface area contributed by atoms with Crippen molar-refractivity contribution in [3.8, 4) is 0 Å². The summed E-state index contributed by atoms with van der Waals surface area (Å²) < 4.78 is 25.4. The van der Waals surface area contributed by atoms with Gasteiger partial charge >= 0.3 is 0 Å². The lowest BCUT2D eigenvalue weighted by molar-refractivity contribution is -0.122.